The molecular weight excluding hydrogens is 335 g/mol. The van der Waals surface area contributed by atoms with Crippen molar-refractivity contribution >= 4 is 5.91 Å². The zero-order valence-corrected chi connectivity index (χ0v) is 13.5. The van der Waals surface area contributed by atoms with Crippen LogP contribution in [0.15, 0.2) is 28.8 Å². The van der Waals surface area contributed by atoms with Crippen LogP contribution in [0, 0.1) is 0 Å². The van der Waals surface area contributed by atoms with Crippen molar-refractivity contribution in [3.63, 3.8) is 0 Å². The van der Waals surface area contributed by atoms with Gasteiger partial charge in [0.1, 0.15) is 0 Å². The summed E-state index contributed by atoms with van der Waals surface area (Å²) in [7, 11) is 0. The number of nitrogens with one attached hydrogen (secondary N) is 1. The third-order valence-electron chi connectivity index (χ3n) is 4.22. The quantitative estimate of drug-likeness (QED) is 0.909. The van der Waals surface area contributed by atoms with E-state index in [1.165, 1.54) is 6.42 Å². The number of aromatic nitrogens is 2. The molecular formula is C17H18F3N3O2. The van der Waals surface area contributed by atoms with Crippen LogP contribution in [-0.4, -0.2) is 22.1 Å². The highest BCUT2D eigenvalue weighted by Crippen LogP contribution is 2.29. The van der Waals surface area contributed by atoms with E-state index in [4.69, 9.17) is 0 Å². The molecule has 1 amide bonds. The van der Waals surface area contributed by atoms with E-state index in [1.54, 1.807) is 24.3 Å². The Morgan fingerprint density at radius 3 is 2.44 bits per heavy atom. The molecule has 0 spiro atoms. The maximum Gasteiger partial charge on any atom is 0.471 e. The van der Waals surface area contributed by atoms with E-state index >= 15 is 0 Å². The molecule has 0 atom stereocenters. The number of hydrogen-bond donors (Lipinski definition) is 1. The Kier molecular flexibility index (Phi) is 5.06. The van der Waals surface area contributed by atoms with Gasteiger partial charge in [-0.05, 0) is 18.4 Å². The molecule has 1 fully saturated rings. The lowest BCUT2D eigenvalue weighted by Crippen LogP contribution is -2.37. The van der Waals surface area contributed by atoms with Crippen LogP contribution in [-0.2, 0) is 17.4 Å². The second kappa shape index (κ2) is 7.25. The van der Waals surface area contributed by atoms with Crippen LogP contribution in [0.3, 0.4) is 0 Å². The Labute approximate surface area is 142 Å². The summed E-state index contributed by atoms with van der Waals surface area (Å²) >= 11 is 0. The maximum absolute atomic E-state index is 12.5. The van der Waals surface area contributed by atoms with E-state index in [0.29, 0.717) is 5.56 Å². The van der Waals surface area contributed by atoms with Gasteiger partial charge in [-0.25, -0.2) is 0 Å². The number of halogens is 3. The summed E-state index contributed by atoms with van der Waals surface area (Å²) in [6.45, 7) is 0. The molecule has 25 heavy (non-hydrogen) atoms. The molecule has 0 bridgehead atoms. The lowest BCUT2D eigenvalue weighted by atomic mass is 9.95. The Balaban J connectivity index is 1.60. The summed E-state index contributed by atoms with van der Waals surface area (Å²) in [6, 6.07) is 6.77. The molecule has 1 heterocycles. The molecule has 1 aromatic carbocycles. The molecule has 1 saturated carbocycles. The van der Waals surface area contributed by atoms with Gasteiger partial charge >= 0.3 is 12.1 Å². The van der Waals surface area contributed by atoms with Gasteiger partial charge in [-0.3, -0.25) is 4.79 Å². The molecule has 8 heteroatoms. The Morgan fingerprint density at radius 1 is 1.16 bits per heavy atom. The number of nitrogens with zero attached hydrogens (tertiary/aromatic N) is 2. The van der Waals surface area contributed by atoms with E-state index < -0.39 is 12.1 Å². The first-order chi connectivity index (χ1) is 11.9. The Bertz CT molecular complexity index is 719. The van der Waals surface area contributed by atoms with Gasteiger partial charge in [-0.2, -0.15) is 18.2 Å². The van der Waals surface area contributed by atoms with Crippen molar-refractivity contribution in [1.82, 2.24) is 15.5 Å². The average molecular weight is 353 g/mol. The number of alkyl halides is 3. The zero-order chi connectivity index (χ0) is 17.9. The van der Waals surface area contributed by atoms with Gasteiger partial charge in [-0.1, -0.05) is 48.7 Å². The molecule has 5 nitrogen and oxygen atoms in total. The van der Waals surface area contributed by atoms with Crippen molar-refractivity contribution in [2.75, 3.05) is 0 Å². The topological polar surface area (TPSA) is 68.0 Å². The highest BCUT2D eigenvalue weighted by Gasteiger charge is 2.38. The fraction of sp³-hybridized carbons (Fsp3) is 0.471. The van der Waals surface area contributed by atoms with E-state index in [2.05, 4.69) is 20.0 Å². The van der Waals surface area contributed by atoms with Crippen LogP contribution < -0.4 is 5.32 Å². The minimum absolute atomic E-state index is 0.0430. The van der Waals surface area contributed by atoms with Crippen LogP contribution in [0.5, 0.6) is 0 Å². The Hall–Kier alpha value is -2.38. The summed E-state index contributed by atoms with van der Waals surface area (Å²) in [6.07, 6.45) is 1.11. The van der Waals surface area contributed by atoms with Gasteiger partial charge < -0.3 is 9.84 Å². The summed E-state index contributed by atoms with van der Waals surface area (Å²) in [5.41, 5.74) is 1.17. The molecule has 134 valence electrons. The standard InChI is InChI=1S/C17H18F3N3O2/c18-17(19,20)16-22-15(23-25-16)12-8-6-11(7-9-12)10-14(24)21-13-4-2-1-3-5-13/h6-9,13H,1-5,10H2,(H,21,24). The third-order valence-corrected chi connectivity index (χ3v) is 4.22. The minimum atomic E-state index is -4.66. The molecule has 0 unspecified atom stereocenters. The van der Waals surface area contributed by atoms with E-state index in [1.807, 2.05) is 0 Å². The number of rotatable bonds is 4. The number of carbonyl (C=O) groups excluding carboxylic acids is 1. The number of hydrogen-bond acceptors (Lipinski definition) is 4. The van der Waals surface area contributed by atoms with Crippen LogP contribution in [0.2, 0.25) is 0 Å². The molecule has 1 N–H and O–H groups in total. The van der Waals surface area contributed by atoms with Crippen molar-refractivity contribution in [3.8, 4) is 11.4 Å². The summed E-state index contributed by atoms with van der Waals surface area (Å²) in [5, 5.41) is 6.37. The molecule has 1 aliphatic carbocycles. The largest absolute Gasteiger partial charge is 0.471 e. The number of amides is 1. The summed E-state index contributed by atoms with van der Waals surface area (Å²) < 4.78 is 41.6. The lowest BCUT2D eigenvalue weighted by molar-refractivity contribution is -0.159. The van der Waals surface area contributed by atoms with Gasteiger partial charge in [0, 0.05) is 11.6 Å². The second-order valence-corrected chi connectivity index (χ2v) is 6.20. The van der Waals surface area contributed by atoms with Gasteiger partial charge in [0.15, 0.2) is 0 Å². The molecule has 2 aromatic rings. The smallest absolute Gasteiger partial charge is 0.353 e. The fourth-order valence-electron chi connectivity index (χ4n) is 2.94. The Morgan fingerprint density at radius 2 is 1.84 bits per heavy atom. The summed E-state index contributed by atoms with van der Waals surface area (Å²) in [4.78, 5) is 15.4. The van der Waals surface area contributed by atoms with Crippen molar-refractivity contribution < 1.29 is 22.5 Å². The molecule has 3 rings (SSSR count). The zero-order valence-electron chi connectivity index (χ0n) is 13.5. The number of carbonyl (C=O) groups is 1. The van der Waals surface area contributed by atoms with Crippen molar-refractivity contribution in [2.45, 2.75) is 50.7 Å². The lowest BCUT2D eigenvalue weighted by Gasteiger charge is -2.22. The van der Waals surface area contributed by atoms with Gasteiger partial charge in [0.2, 0.25) is 11.7 Å². The van der Waals surface area contributed by atoms with Gasteiger partial charge in [0.25, 0.3) is 0 Å². The first-order valence-electron chi connectivity index (χ1n) is 8.21. The molecule has 1 aliphatic rings. The van der Waals surface area contributed by atoms with Crippen molar-refractivity contribution in [2.24, 2.45) is 0 Å². The highest BCUT2D eigenvalue weighted by molar-refractivity contribution is 5.79. The van der Waals surface area contributed by atoms with Gasteiger partial charge in [-0.15, -0.1) is 0 Å². The van der Waals surface area contributed by atoms with Gasteiger partial charge in [0.05, 0.1) is 6.42 Å². The second-order valence-electron chi connectivity index (χ2n) is 6.20. The van der Waals surface area contributed by atoms with Crippen molar-refractivity contribution in [1.29, 1.82) is 0 Å². The molecule has 0 saturated heterocycles. The van der Waals surface area contributed by atoms with E-state index in [9.17, 15) is 18.0 Å². The molecule has 0 radical (unpaired) electrons. The monoisotopic (exact) mass is 353 g/mol. The predicted octanol–water partition coefficient (Wildman–Crippen LogP) is 3.75. The molecule has 1 aromatic heterocycles. The third kappa shape index (κ3) is 4.58. The minimum Gasteiger partial charge on any atom is -0.353 e. The van der Waals surface area contributed by atoms with Crippen LogP contribution in [0.1, 0.15) is 43.6 Å². The average Bonchev–Trinajstić information content (AvgIpc) is 3.07. The van der Waals surface area contributed by atoms with Crippen LogP contribution in [0.25, 0.3) is 11.4 Å². The van der Waals surface area contributed by atoms with E-state index in [-0.39, 0.29) is 24.2 Å². The number of benzene rings is 1. The predicted molar refractivity (Wildman–Crippen MR) is 83.5 cm³/mol. The van der Waals surface area contributed by atoms with Crippen molar-refractivity contribution in [3.05, 3.63) is 35.7 Å². The molecule has 0 aliphatic heterocycles. The first-order valence-corrected chi connectivity index (χ1v) is 8.21. The van der Waals surface area contributed by atoms with Crippen LogP contribution >= 0.6 is 0 Å². The normalized spacial score (nSPS) is 16.0. The highest BCUT2D eigenvalue weighted by atomic mass is 19.4. The SMILES string of the molecule is O=C(Cc1ccc(-c2noc(C(F)(F)F)n2)cc1)NC1CCCCC1. The summed E-state index contributed by atoms with van der Waals surface area (Å²) in [5.74, 6) is -1.55. The fourth-order valence-corrected chi connectivity index (χ4v) is 2.94. The van der Waals surface area contributed by atoms with Crippen LogP contribution in [0.4, 0.5) is 13.2 Å². The maximum atomic E-state index is 12.5. The van der Waals surface area contributed by atoms with E-state index in [0.717, 1.165) is 31.2 Å². The first kappa shape index (κ1) is 17.4.